The summed E-state index contributed by atoms with van der Waals surface area (Å²) in [7, 11) is 1.85. The second-order valence-corrected chi connectivity index (χ2v) is 5.27. The highest BCUT2D eigenvalue weighted by Crippen LogP contribution is 2.26. The van der Waals surface area contributed by atoms with Crippen molar-refractivity contribution in [3.05, 3.63) is 68.9 Å². The summed E-state index contributed by atoms with van der Waals surface area (Å²) in [6, 6.07) is 12.7. The molecule has 94 valence electrons. The minimum absolute atomic E-state index is 0.0510. The fraction of sp³-hybridized carbons (Fsp3) is 0.143. The van der Waals surface area contributed by atoms with Crippen LogP contribution in [0.25, 0.3) is 0 Å². The Balaban J connectivity index is 2.38. The lowest BCUT2D eigenvalue weighted by atomic mass is 9.99. The zero-order chi connectivity index (χ0) is 13.1. The lowest BCUT2D eigenvalue weighted by molar-refractivity contribution is 0.617. The van der Waals surface area contributed by atoms with E-state index in [1.807, 2.05) is 37.4 Å². The molecule has 1 unspecified atom stereocenters. The van der Waals surface area contributed by atoms with Crippen molar-refractivity contribution in [1.82, 2.24) is 5.32 Å². The first-order chi connectivity index (χ1) is 8.61. The highest BCUT2D eigenvalue weighted by molar-refractivity contribution is 9.10. The minimum atomic E-state index is -0.397. The molecule has 18 heavy (non-hydrogen) atoms. The van der Waals surface area contributed by atoms with Gasteiger partial charge in [-0.2, -0.15) is 0 Å². The van der Waals surface area contributed by atoms with Crippen LogP contribution >= 0.6 is 27.5 Å². The third-order valence-electron chi connectivity index (χ3n) is 2.77. The van der Waals surface area contributed by atoms with Crippen LogP contribution in [0.4, 0.5) is 4.39 Å². The molecule has 0 saturated heterocycles. The van der Waals surface area contributed by atoms with Crippen molar-refractivity contribution in [2.75, 3.05) is 7.05 Å². The standard InChI is InChI=1S/C14H12BrClFN/c1-18-14(9-2-5-11(15)6-3-9)10-4-7-12(16)13(17)8-10/h2-8,14,18H,1H3. The molecule has 0 aromatic heterocycles. The van der Waals surface area contributed by atoms with E-state index in [0.29, 0.717) is 0 Å². The second kappa shape index (κ2) is 5.83. The molecule has 0 amide bonds. The van der Waals surface area contributed by atoms with Gasteiger partial charge >= 0.3 is 0 Å². The molecule has 4 heteroatoms. The maximum atomic E-state index is 13.5. The third kappa shape index (κ3) is 2.91. The van der Waals surface area contributed by atoms with E-state index < -0.39 is 5.82 Å². The fourth-order valence-corrected chi connectivity index (χ4v) is 2.25. The van der Waals surface area contributed by atoms with E-state index >= 15 is 0 Å². The van der Waals surface area contributed by atoms with E-state index in [2.05, 4.69) is 21.2 Å². The van der Waals surface area contributed by atoms with Crippen LogP contribution in [0, 0.1) is 5.82 Å². The molecule has 0 aliphatic heterocycles. The molecular formula is C14H12BrClFN. The predicted molar refractivity (Wildman–Crippen MR) is 76.5 cm³/mol. The Kier molecular flexibility index (Phi) is 4.38. The predicted octanol–water partition coefficient (Wildman–Crippen LogP) is 4.55. The molecule has 2 rings (SSSR count). The van der Waals surface area contributed by atoms with Gasteiger partial charge < -0.3 is 5.32 Å². The van der Waals surface area contributed by atoms with Crippen molar-refractivity contribution in [2.45, 2.75) is 6.04 Å². The SMILES string of the molecule is CNC(c1ccc(Br)cc1)c1ccc(Cl)c(F)c1. The molecule has 2 aromatic rings. The van der Waals surface area contributed by atoms with Crippen LogP contribution < -0.4 is 5.32 Å². The largest absolute Gasteiger partial charge is 0.309 e. The van der Waals surface area contributed by atoms with Crippen molar-refractivity contribution in [2.24, 2.45) is 0 Å². The number of benzene rings is 2. The Bertz CT molecular complexity index is 542. The first-order valence-electron chi connectivity index (χ1n) is 5.49. The molecule has 0 radical (unpaired) electrons. The number of hydrogen-bond acceptors (Lipinski definition) is 1. The number of halogens is 3. The molecule has 0 fully saturated rings. The van der Waals surface area contributed by atoms with E-state index in [1.54, 1.807) is 6.07 Å². The average molecular weight is 329 g/mol. The van der Waals surface area contributed by atoms with Gasteiger partial charge in [0.2, 0.25) is 0 Å². The molecule has 0 heterocycles. The van der Waals surface area contributed by atoms with Crippen LogP contribution in [0.5, 0.6) is 0 Å². The van der Waals surface area contributed by atoms with E-state index in [1.165, 1.54) is 6.07 Å². The van der Waals surface area contributed by atoms with E-state index in [0.717, 1.165) is 15.6 Å². The lowest BCUT2D eigenvalue weighted by Gasteiger charge is -2.17. The normalized spacial score (nSPS) is 12.4. The smallest absolute Gasteiger partial charge is 0.142 e. The van der Waals surface area contributed by atoms with E-state index in [4.69, 9.17) is 11.6 Å². The van der Waals surface area contributed by atoms with Gasteiger partial charge in [-0.15, -0.1) is 0 Å². The summed E-state index contributed by atoms with van der Waals surface area (Å²) in [6.45, 7) is 0. The minimum Gasteiger partial charge on any atom is -0.309 e. The molecule has 1 N–H and O–H groups in total. The van der Waals surface area contributed by atoms with E-state index in [9.17, 15) is 4.39 Å². The van der Waals surface area contributed by atoms with Crippen molar-refractivity contribution in [3.8, 4) is 0 Å². The molecule has 1 nitrogen and oxygen atoms in total. The van der Waals surface area contributed by atoms with Crippen LogP contribution in [0.3, 0.4) is 0 Å². The van der Waals surface area contributed by atoms with Gasteiger partial charge in [0.25, 0.3) is 0 Å². The summed E-state index contributed by atoms with van der Waals surface area (Å²) >= 11 is 9.09. The Labute approximate surface area is 119 Å². The lowest BCUT2D eigenvalue weighted by Crippen LogP contribution is -2.17. The number of rotatable bonds is 3. The van der Waals surface area contributed by atoms with Crippen LogP contribution in [0.15, 0.2) is 46.9 Å². The maximum absolute atomic E-state index is 13.5. The van der Waals surface area contributed by atoms with Crippen molar-refractivity contribution >= 4 is 27.5 Å². The summed E-state index contributed by atoms with van der Waals surface area (Å²) in [5.74, 6) is -0.397. The second-order valence-electron chi connectivity index (χ2n) is 3.95. The summed E-state index contributed by atoms with van der Waals surface area (Å²) in [4.78, 5) is 0. The number of hydrogen-bond donors (Lipinski definition) is 1. The van der Waals surface area contributed by atoms with Crippen LogP contribution in [-0.2, 0) is 0 Å². The van der Waals surface area contributed by atoms with Gasteiger partial charge in [-0.05, 0) is 42.4 Å². The monoisotopic (exact) mass is 327 g/mol. The molecule has 0 saturated carbocycles. The average Bonchev–Trinajstić information content (AvgIpc) is 2.37. The van der Waals surface area contributed by atoms with Crippen LogP contribution in [-0.4, -0.2) is 7.05 Å². The third-order valence-corrected chi connectivity index (χ3v) is 3.60. The Hall–Kier alpha value is -0.900. The maximum Gasteiger partial charge on any atom is 0.142 e. The zero-order valence-electron chi connectivity index (χ0n) is 9.75. The molecule has 2 aromatic carbocycles. The van der Waals surface area contributed by atoms with Crippen LogP contribution in [0.2, 0.25) is 5.02 Å². The Morgan fingerprint density at radius 1 is 1.11 bits per heavy atom. The zero-order valence-corrected chi connectivity index (χ0v) is 12.1. The number of nitrogens with one attached hydrogen (secondary N) is 1. The van der Waals surface area contributed by atoms with Gasteiger partial charge in [-0.25, -0.2) is 4.39 Å². The van der Waals surface area contributed by atoms with Gasteiger partial charge in [0, 0.05) is 4.47 Å². The fourth-order valence-electron chi connectivity index (χ4n) is 1.87. The Morgan fingerprint density at radius 2 is 1.72 bits per heavy atom. The first kappa shape index (κ1) is 13.5. The topological polar surface area (TPSA) is 12.0 Å². The van der Waals surface area contributed by atoms with Gasteiger partial charge in [0.1, 0.15) is 5.82 Å². The van der Waals surface area contributed by atoms with Gasteiger partial charge in [-0.1, -0.05) is 45.7 Å². The molecule has 1 atom stereocenters. The van der Waals surface area contributed by atoms with Crippen molar-refractivity contribution in [1.29, 1.82) is 0 Å². The van der Waals surface area contributed by atoms with Crippen molar-refractivity contribution in [3.63, 3.8) is 0 Å². The molecule has 0 aliphatic rings. The van der Waals surface area contributed by atoms with Gasteiger partial charge in [-0.3, -0.25) is 0 Å². The highest BCUT2D eigenvalue weighted by atomic mass is 79.9. The molecular weight excluding hydrogens is 317 g/mol. The van der Waals surface area contributed by atoms with Gasteiger partial charge in [0.05, 0.1) is 11.1 Å². The molecule has 0 bridgehead atoms. The molecule has 0 aliphatic carbocycles. The quantitative estimate of drug-likeness (QED) is 0.871. The summed E-state index contributed by atoms with van der Waals surface area (Å²) < 4.78 is 14.5. The summed E-state index contributed by atoms with van der Waals surface area (Å²) in [5, 5.41) is 3.32. The van der Waals surface area contributed by atoms with Gasteiger partial charge in [0.15, 0.2) is 0 Å². The first-order valence-corrected chi connectivity index (χ1v) is 6.66. The highest BCUT2D eigenvalue weighted by Gasteiger charge is 2.13. The summed E-state index contributed by atoms with van der Waals surface area (Å²) in [5.41, 5.74) is 1.92. The Morgan fingerprint density at radius 3 is 2.28 bits per heavy atom. The van der Waals surface area contributed by atoms with Crippen molar-refractivity contribution < 1.29 is 4.39 Å². The van der Waals surface area contributed by atoms with E-state index in [-0.39, 0.29) is 11.1 Å². The molecule has 0 spiro atoms. The summed E-state index contributed by atoms with van der Waals surface area (Å²) in [6.07, 6.45) is 0. The van der Waals surface area contributed by atoms with Crippen LogP contribution in [0.1, 0.15) is 17.2 Å².